The van der Waals surface area contributed by atoms with Crippen LogP contribution in [0.2, 0.25) is 0 Å². The van der Waals surface area contributed by atoms with Crippen molar-refractivity contribution in [1.29, 1.82) is 0 Å². The van der Waals surface area contributed by atoms with E-state index in [0.717, 1.165) is 126 Å². The summed E-state index contributed by atoms with van der Waals surface area (Å²) in [7, 11) is 0. The van der Waals surface area contributed by atoms with Crippen molar-refractivity contribution in [3.8, 4) is 0 Å². The van der Waals surface area contributed by atoms with E-state index in [4.69, 9.17) is 61.6 Å². The van der Waals surface area contributed by atoms with E-state index in [9.17, 15) is 43.2 Å². The lowest BCUT2D eigenvalue weighted by Crippen LogP contribution is -2.51. The predicted octanol–water partition coefficient (Wildman–Crippen LogP) is 23.7. The topological polar surface area (TPSA) is 274 Å². The van der Waals surface area contributed by atoms with Gasteiger partial charge in [-0.05, 0) is 256 Å². The molecule has 22 heteroatoms. The van der Waals surface area contributed by atoms with Crippen LogP contribution in [0.4, 0.5) is 0 Å². The monoisotopic (exact) mass is 1940 g/mol. The summed E-state index contributed by atoms with van der Waals surface area (Å²) in [6, 6.07) is 0. The zero-order valence-corrected chi connectivity index (χ0v) is 92.5. The maximum absolute atomic E-state index is 12.4. The van der Waals surface area contributed by atoms with Crippen molar-refractivity contribution in [2.45, 2.75) is 461 Å². The lowest BCUT2D eigenvalue weighted by Gasteiger charge is -2.44. The normalized spacial score (nSPS) is 47.4. The highest BCUT2D eigenvalue weighted by Gasteiger charge is 2.78. The Labute approximate surface area is 833 Å². The highest BCUT2D eigenvalue weighted by molar-refractivity contribution is 5.85. The molecule has 0 aromatic rings. The number of carbonyl (C=O) groups is 9. The van der Waals surface area contributed by atoms with Crippen LogP contribution >= 0.6 is 0 Å². The standard InChI is InChI=1S/C16H24O2.C15H26O2.C14H24O3.2C13H22O2.2C12H20O3.C11H18O2.C10H16O3/c1-3-8-5-9(4-2)14-11-6-10(13(8)14)12-7-18-16(17)15(11)12;1-7-10-9-11(8-2)15(6)13(3,4)17-12(16)14(10,15)5;1-7-9-13(5)11(15)17-12(3,4)14(13,6)10(8-2)16-9;1-5-9-7-10(6-2)13(4)11(14)15-8-12(9,13)3;1-5-8-7-9(6-2)11-10(8)12(14)15-13(11,3)4;1-5-8-11(3)7-14-10(13)12(11,4)9(6-2)15-8;1-5-7-9-10(8(6-2)14-7)12(3,4)15-11(9)13;1-3-7-5-8(4-2)10-9(7)6-13-11(10)12;1-3-7-6-5-12-10(11)9(6)8(4-2)13-7/h8-15H,3-7H2,1-2H3;10-11H,7-9H2,1-6H3;9-10H,7-8H2,1-6H3;9-10H,5-8H2,1-4H3;8-11H,5-7H2,1-4H3;8-9H,5-7H2,1-4H3;7-10H,5-6H2,1-4H3;7-10H,3-6H2,1-2H3;6-9H,3-5H2,1-2H3. The van der Waals surface area contributed by atoms with E-state index in [-0.39, 0.29) is 181 Å². The van der Waals surface area contributed by atoms with E-state index in [0.29, 0.717) is 103 Å². The Bertz CT molecular complexity index is 4050. The van der Waals surface area contributed by atoms with Gasteiger partial charge in [-0.3, -0.25) is 43.2 Å². The summed E-state index contributed by atoms with van der Waals surface area (Å²) < 4.78 is 72.5. The summed E-state index contributed by atoms with van der Waals surface area (Å²) in [4.78, 5) is 107. The van der Waals surface area contributed by atoms with Gasteiger partial charge in [-0.1, -0.05) is 217 Å². The van der Waals surface area contributed by atoms with Gasteiger partial charge in [0.15, 0.2) is 0 Å². The molecule has 22 nitrogen and oxygen atoms in total. The Balaban J connectivity index is 0.000000139. The Morgan fingerprint density at radius 3 is 1.15 bits per heavy atom. The van der Waals surface area contributed by atoms with Crippen molar-refractivity contribution < 1.29 is 105 Å². The van der Waals surface area contributed by atoms with E-state index in [1.807, 2.05) is 41.5 Å². The summed E-state index contributed by atoms with van der Waals surface area (Å²) in [5, 5.41) is 0. The minimum atomic E-state index is -0.508. The van der Waals surface area contributed by atoms with Gasteiger partial charge in [0, 0.05) is 45.8 Å². The van der Waals surface area contributed by atoms with Gasteiger partial charge < -0.3 is 61.6 Å². The number of carbonyl (C=O) groups excluding carboxylic acids is 9. The summed E-state index contributed by atoms with van der Waals surface area (Å²) in [5.74, 6) is 12.9. The molecule has 0 spiro atoms. The molecule has 0 amide bonds. The fourth-order valence-corrected chi connectivity index (χ4v) is 34.8. The average Bonchev–Trinajstić information content (AvgIpc) is 1.52. The van der Waals surface area contributed by atoms with Gasteiger partial charge in [-0.2, -0.15) is 0 Å². The largest absolute Gasteiger partial charge is 0.465 e. The molecule has 7 saturated carbocycles. The summed E-state index contributed by atoms with van der Waals surface area (Å²) in [6.45, 7) is 75.8. The second kappa shape index (κ2) is 42.1. The molecule has 40 unspecified atom stereocenters. The quantitative estimate of drug-likeness (QED) is 0.0911. The number of cyclic esters (lactones) is 9. The Morgan fingerprint density at radius 2 is 0.638 bits per heavy atom. The van der Waals surface area contributed by atoms with Gasteiger partial charge in [0.05, 0.1) is 121 Å². The summed E-state index contributed by atoms with van der Waals surface area (Å²) in [6.07, 6.45) is 27.5. The van der Waals surface area contributed by atoms with Gasteiger partial charge in [0.2, 0.25) is 0 Å². The third-order valence-corrected chi connectivity index (χ3v) is 43.9. The maximum Gasteiger partial charge on any atom is 0.315 e. The first-order valence-electron chi connectivity index (χ1n) is 56.2. The smallest absolute Gasteiger partial charge is 0.315 e. The van der Waals surface area contributed by atoms with Crippen LogP contribution in [-0.2, 0) is 105 Å². The number of hydrogen-bond acceptors (Lipinski definition) is 22. The Kier molecular flexibility index (Phi) is 34.1. The van der Waals surface area contributed by atoms with Crippen LogP contribution < -0.4 is 0 Å². The van der Waals surface area contributed by atoms with Crippen molar-refractivity contribution >= 4 is 53.7 Å². The van der Waals surface area contributed by atoms with Crippen LogP contribution in [0.15, 0.2) is 0 Å². The van der Waals surface area contributed by atoms with Gasteiger partial charge in [-0.25, -0.2) is 0 Å². The number of fused-ring (bicyclic) bond motifs is 16. The molecular weight excluding hydrogens is 1750 g/mol. The van der Waals surface area contributed by atoms with Crippen LogP contribution in [0, 0.1) is 185 Å². The van der Waals surface area contributed by atoms with Crippen LogP contribution in [-0.4, -0.2) is 158 Å². The first kappa shape index (κ1) is 112. The van der Waals surface area contributed by atoms with Gasteiger partial charge in [0.1, 0.15) is 39.8 Å². The number of rotatable bonds is 18. The van der Waals surface area contributed by atoms with Crippen molar-refractivity contribution in [3.05, 3.63) is 0 Å². The van der Waals surface area contributed by atoms with Gasteiger partial charge in [-0.15, -0.1) is 0 Å². The SMILES string of the molecule is CCC1CC(CC)C2(C)C(=O)OCC12C.CCC1CC(CC)C2(C)C(C)(C)OC(=O)C12C.CCC1CC(CC)C2C(=O)OCC12.CCC1CC(CC)C2C1C(=O)OC2(C)C.CCC1CC(CC)C2C3CC(C4COC(=O)C43)C12.CCC1OC(CC)C2(C)C(=O)OCC12C.CCC1OC(CC)C2(C)C(C)(C)OC(=O)C12C.CCC1OC(CC)C2C(=O)OCC12.CCC1OC(CC)C2C1C(=O)OC2(C)C. The van der Waals surface area contributed by atoms with Crippen LogP contribution in [0.5, 0.6) is 0 Å². The van der Waals surface area contributed by atoms with Gasteiger partial charge in [0.25, 0.3) is 0 Å². The molecule has 788 valence electrons. The van der Waals surface area contributed by atoms with E-state index in [1.54, 1.807) is 0 Å². The average molecular weight is 1940 g/mol. The minimum absolute atomic E-state index is 0.0162. The number of esters is 9. The van der Waals surface area contributed by atoms with Crippen LogP contribution in [0.1, 0.15) is 390 Å². The second-order valence-electron chi connectivity index (χ2n) is 49.9. The van der Waals surface area contributed by atoms with Gasteiger partial charge >= 0.3 is 53.7 Å². The first-order valence-corrected chi connectivity index (χ1v) is 56.2. The summed E-state index contributed by atoms with van der Waals surface area (Å²) >= 11 is 0. The molecule has 13 saturated heterocycles. The summed E-state index contributed by atoms with van der Waals surface area (Å²) in [5.41, 5.74) is -3.15. The molecule has 20 aliphatic rings. The number of hydrogen-bond donors (Lipinski definition) is 0. The fraction of sp³-hybridized carbons (Fsp3) is 0.922. The highest BCUT2D eigenvalue weighted by Crippen LogP contribution is 2.73. The third kappa shape index (κ3) is 17.5. The zero-order valence-electron chi connectivity index (χ0n) is 92.5. The fourth-order valence-electron chi connectivity index (χ4n) is 34.8. The first-order chi connectivity index (χ1) is 64.8. The molecule has 138 heavy (non-hydrogen) atoms. The predicted molar refractivity (Wildman–Crippen MR) is 532 cm³/mol. The molecule has 13 aliphatic heterocycles. The molecule has 0 radical (unpaired) electrons. The molecule has 0 aromatic carbocycles. The van der Waals surface area contributed by atoms with E-state index in [1.165, 1.54) is 70.6 Å². The molecule has 0 N–H and O–H groups in total. The van der Waals surface area contributed by atoms with Crippen molar-refractivity contribution in [3.63, 3.8) is 0 Å². The van der Waals surface area contributed by atoms with E-state index >= 15 is 0 Å². The third-order valence-electron chi connectivity index (χ3n) is 43.9. The van der Waals surface area contributed by atoms with Crippen LogP contribution in [0.25, 0.3) is 0 Å². The molecule has 20 fully saturated rings. The van der Waals surface area contributed by atoms with Crippen LogP contribution in [0.3, 0.4) is 0 Å². The van der Waals surface area contributed by atoms with Crippen molar-refractivity contribution in [2.24, 2.45) is 185 Å². The lowest BCUT2D eigenvalue weighted by molar-refractivity contribution is -0.160. The lowest BCUT2D eigenvalue weighted by atomic mass is 9.56. The molecule has 40 atom stereocenters. The zero-order chi connectivity index (χ0) is 102. The second-order valence-corrected chi connectivity index (χ2v) is 49.9. The molecule has 13 heterocycles. The molecular formula is C116H192O22. The van der Waals surface area contributed by atoms with Crippen molar-refractivity contribution in [1.82, 2.24) is 0 Å². The minimum Gasteiger partial charge on any atom is -0.465 e. The molecule has 0 aromatic heterocycles. The number of ether oxygens (including phenoxy) is 13. The van der Waals surface area contributed by atoms with E-state index < -0.39 is 16.4 Å². The molecule has 2 bridgehead atoms. The molecule has 20 rings (SSSR count). The maximum atomic E-state index is 12.4. The Morgan fingerprint density at radius 1 is 0.239 bits per heavy atom. The van der Waals surface area contributed by atoms with Crippen molar-refractivity contribution in [2.75, 3.05) is 33.0 Å². The Hall–Kier alpha value is -4.93. The highest BCUT2D eigenvalue weighted by atomic mass is 16.6. The molecule has 7 aliphatic carbocycles. The van der Waals surface area contributed by atoms with E-state index in [2.05, 4.69) is 194 Å².